The third kappa shape index (κ3) is 3.65. The van der Waals surface area contributed by atoms with E-state index in [0.717, 1.165) is 36.4 Å². The Morgan fingerprint density at radius 2 is 1.87 bits per heavy atom. The first-order valence-electron chi connectivity index (χ1n) is 7.89. The molecule has 0 aromatic heterocycles. The summed E-state index contributed by atoms with van der Waals surface area (Å²) in [5.74, 6) is 0.665. The van der Waals surface area contributed by atoms with Crippen molar-refractivity contribution < 1.29 is 14.3 Å². The Balaban J connectivity index is 1.64. The number of methoxy groups -OCH3 is 1. The first-order valence-corrected chi connectivity index (χ1v) is 7.89. The van der Waals surface area contributed by atoms with Crippen molar-refractivity contribution in [3.8, 4) is 5.75 Å². The number of carbonyl (C=O) groups excluding carboxylic acids is 1. The monoisotopic (exact) mass is 311 g/mol. The molecule has 23 heavy (non-hydrogen) atoms. The van der Waals surface area contributed by atoms with Crippen molar-refractivity contribution in [1.29, 1.82) is 0 Å². The largest absolute Gasteiger partial charge is 0.489 e. The molecule has 1 aliphatic heterocycles. The van der Waals surface area contributed by atoms with Gasteiger partial charge in [0, 0.05) is 12.2 Å². The predicted molar refractivity (Wildman–Crippen MR) is 89.6 cm³/mol. The lowest BCUT2D eigenvalue weighted by molar-refractivity contribution is -0.141. The van der Waals surface area contributed by atoms with Gasteiger partial charge in [0.2, 0.25) is 0 Å². The Bertz CT molecular complexity index is 639. The number of carbonyl (C=O) groups is 1. The molecule has 120 valence electrons. The summed E-state index contributed by atoms with van der Waals surface area (Å²) < 4.78 is 10.7. The fraction of sp³-hybridized carbons (Fsp3) is 0.316. The van der Waals surface area contributed by atoms with Crippen LogP contribution in [0.4, 0.5) is 5.69 Å². The van der Waals surface area contributed by atoms with Crippen LogP contribution in [-0.2, 0) is 16.1 Å². The number of anilines is 1. The van der Waals surface area contributed by atoms with Crippen molar-refractivity contribution in [3.63, 3.8) is 0 Å². The zero-order valence-electron chi connectivity index (χ0n) is 13.3. The fourth-order valence-electron chi connectivity index (χ4n) is 2.93. The summed E-state index contributed by atoms with van der Waals surface area (Å²) in [6.45, 7) is 1.43. The van der Waals surface area contributed by atoms with E-state index in [1.165, 1.54) is 7.11 Å². The number of ether oxygens (including phenoxy) is 2. The van der Waals surface area contributed by atoms with Crippen molar-refractivity contribution in [2.45, 2.75) is 25.5 Å². The first-order chi connectivity index (χ1) is 11.3. The molecule has 0 amide bonds. The van der Waals surface area contributed by atoms with E-state index in [1.807, 2.05) is 54.6 Å². The summed E-state index contributed by atoms with van der Waals surface area (Å²) in [7, 11) is 1.44. The van der Waals surface area contributed by atoms with Gasteiger partial charge in [0.15, 0.2) is 0 Å². The third-order valence-corrected chi connectivity index (χ3v) is 4.14. The minimum atomic E-state index is -0.170. The first kappa shape index (κ1) is 15.4. The summed E-state index contributed by atoms with van der Waals surface area (Å²) in [5, 5.41) is 0. The summed E-state index contributed by atoms with van der Waals surface area (Å²) in [6.07, 6.45) is 1.85. The van der Waals surface area contributed by atoms with Crippen molar-refractivity contribution in [3.05, 3.63) is 60.2 Å². The normalized spacial score (nSPS) is 17.1. The maximum atomic E-state index is 11.8. The molecule has 1 fully saturated rings. The van der Waals surface area contributed by atoms with Crippen LogP contribution in [0.3, 0.4) is 0 Å². The lowest BCUT2D eigenvalue weighted by Crippen LogP contribution is -2.36. The van der Waals surface area contributed by atoms with E-state index in [1.54, 1.807) is 0 Å². The molecule has 0 aliphatic carbocycles. The third-order valence-electron chi connectivity index (χ3n) is 4.14. The van der Waals surface area contributed by atoms with Gasteiger partial charge in [-0.3, -0.25) is 0 Å². The topological polar surface area (TPSA) is 38.8 Å². The fourth-order valence-corrected chi connectivity index (χ4v) is 2.93. The van der Waals surface area contributed by atoms with E-state index in [2.05, 4.69) is 4.90 Å². The number of nitrogens with zero attached hydrogens (tertiary/aromatic N) is 1. The Hall–Kier alpha value is -2.49. The maximum absolute atomic E-state index is 11.8. The lowest BCUT2D eigenvalue weighted by Gasteiger charge is -2.24. The predicted octanol–water partition coefficient (Wildman–Crippen LogP) is 3.41. The second-order valence-electron chi connectivity index (χ2n) is 5.64. The Morgan fingerprint density at radius 3 is 2.57 bits per heavy atom. The minimum absolute atomic E-state index is 0.160. The van der Waals surface area contributed by atoms with Crippen LogP contribution in [0.25, 0.3) is 0 Å². The second-order valence-corrected chi connectivity index (χ2v) is 5.64. The highest BCUT2D eigenvalue weighted by Crippen LogP contribution is 2.28. The van der Waals surface area contributed by atoms with Gasteiger partial charge in [0.05, 0.1) is 7.11 Å². The summed E-state index contributed by atoms with van der Waals surface area (Å²) in [6, 6.07) is 17.8. The van der Waals surface area contributed by atoms with Gasteiger partial charge in [-0.15, -0.1) is 0 Å². The molecule has 1 atom stereocenters. The van der Waals surface area contributed by atoms with E-state index in [9.17, 15) is 4.79 Å². The molecular formula is C19H21NO3. The molecular weight excluding hydrogens is 290 g/mol. The number of benzene rings is 2. The van der Waals surface area contributed by atoms with Gasteiger partial charge in [-0.2, -0.15) is 0 Å². The number of rotatable bonds is 5. The van der Waals surface area contributed by atoms with Crippen LogP contribution >= 0.6 is 0 Å². The van der Waals surface area contributed by atoms with E-state index >= 15 is 0 Å². The molecule has 4 nitrogen and oxygen atoms in total. The standard InChI is InChI=1S/C19H21NO3/c1-22-19(21)18-8-5-13-20(18)16-9-11-17(12-10-16)23-14-15-6-3-2-4-7-15/h2-4,6-7,9-12,18H,5,8,13-14H2,1H3/t18-/m0/s1. The SMILES string of the molecule is COC(=O)[C@@H]1CCCN1c1ccc(OCc2ccccc2)cc1. The molecule has 2 aromatic carbocycles. The molecule has 4 heteroatoms. The van der Waals surface area contributed by atoms with Gasteiger partial charge < -0.3 is 14.4 Å². The Labute approximate surface area is 136 Å². The number of hydrogen-bond donors (Lipinski definition) is 0. The zero-order chi connectivity index (χ0) is 16.1. The van der Waals surface area contributed by atoms with Crippen LogP contribution in [0.5, 0.6) is 5.75 Å². The molecule has 0 N–H and O–H groups in total. The smallest absolute Gasteiger partial charge is 0.328 e. The lowest BCUT2D eigenvalue weighted by atomic mass is 10.2. The van der Waals surface area contributed by atoms with Crippen LogP contribution in [0.1, 0.15) is 18.4 Å². The highest BCUT2D eigenvalue weighted by molar-refractivity contribution is 5.80. The molecule has 0 spiro atoms. The van der Waals surface area contributed by atoms with Crippen LogP contribution in [-0.4, -0.2) is 25.7 Å². The van der Waals surface area contributed by atoms with Gasteiger partial charge in [-0.1, -0.05) is 30.3 Å². The summed E-state index contributed by atoms with van der Waals surface area (Å²) in [4.78, 5) is 13.9. The van der Waals surface area contributed by atoms with E-state index in [0.29, 0.717) is 6.61 Å². The van der Waals surface area contributed by atoms with E-state index in [4.69, 9.17) is 9.47 Å². The van der Waals surface area contributed by atoms with Crippen molar-refractivity contribution in [2.24, 2.45) is 0 Å². The van der Waals surface area contributed by atoms with Crippen LogP contribution in [0.15, 0.2) is 54.6 Å². The summed E-state index contributed by atoms with van der Waals surface area (Å²) in [5.41, 5.74) is 2.17. The second kappa shape index (κ2) is 7.18. The van der Waals surface area contributed by atoms with Gasteiger partial charge >= 0.3 is 5.97 Å². The molecule has 1 heterocycles. The maximum Gasteiger partial charge on any atom is 0.328 e. The van der Waals surface area contributed by atoms with Crippen molar-refractivity contribution in [1.82, 2.24) is 0 Å². The molecule has 0 radical (unpaired) electrons. The molecule has 0 bridgehead atoms. The number of esters is 1. The minimum Gasteiger partial charge on any atom is -0.489 e. The number of hydrogen-bond acceptors (Lipinski definition) is 4. The molecule has 0 unspecified atom stereocenters. The Morgan fingerprint density at radius 1 is 1.13 bits per heavy atom. The van der Waals surface area contributed by atoms with Gasteiger partial charge in [-0.05, 0) is 42.7 Å². The van der Waals surface area contributed by atoms with Gasteiger partial charge in [0.1, 0.15) is 18.4 Å². The molecule has 1 aliphatic rings. The molecule has 3 rings (SSSR count). The van der Waals surface area contributed by atoms with Crippen LogP contribution in [0, 0.1) is 0 Å². The van der Waals surface area contributed by atoms with E-state index < -0.39 is 0 Å². The van der Waals surface area contributed by atoms with Crippen molar-refractivity contribution in [2.75, 3.05) is 18.6 Å². The van der Waals surface area contributed by atoms with Gasteiger partial charge in [0.25, 0.3) is 0 Å². The highest BCUT2D eigenvalue weighted by atomic mass is 16.5. The van der Waals surface area contributed by atoms with Crippen LogP contribution < -0.4 is 9.64 Å². The van der Waals surface area contributed by atoms with Crippen molar-refractivity contribution >= 4 is 11.7 Å². The summed E-state index contributed by atoms with van der Waals surface area (Å²) >= 11 is 0. The zero-order valence-corrected chi connectivity index (χ0v) is 13.3. The average Bonchev–Trinajstić information content (AvgIpc) is 3.10. The highest BCUT2D eigenvalue weighted by Gasteiger charge is 2.31. The molecule has 1 saturated heterocycles. The average molecular weight is 311 g/mol. The van der Waals surface area contributed by atoms with Crippen LogP contribution in [0.2, 0.25) is 0 Å². The Kier molecular flexibility index (Phi) is 4.81. The van der Waals surface area contributed by atoms with E-state index in [-0.39, 0.29) is 12.0 Å². The molecule has 2 aromatic rings. The molecule has 0 saturated carbocycles. The quantitative estimate of drug-likeness (QED) is 0.793. The van der Waals surface area contributed by atoms with Gasteiger partial charge in [-0.25, -0.2) is 4.79 Å².